The normalized spacial score (nSPS) is 10.3. The first kappa shape index (κ1) is 15.8. The van der Waals surface area contributed by atoms with Crippen LogP contribution in [-0.4, -0.2) is 24.9 Å². The number of nitrogens with two attached hydrogens (primary N) is 2. The molecule has 0 aromatic heterocycles. The minimum atomic E-state index is -0.531. The molecule has 0 saturated carbocycles. The molecule has 0 saturated heterocycles. The van der Waals surface area contributed by atoms with E-state index in [4.69, 9.17) is 11.5 Å². The van der Waals surface area contributed by atoms with E-state index in [1.165, 1.54) is 0 Å². The summed E-state index contributed by atoms with van der Waals surface area (Å²) in [7, 11) is 0. The lowest BCUT2D eigenvalue weighted by molar-refractivity contribution is -0.120. The molecule has 0 spiro atoms. The first-order valence-electron chi connectivity index (χ1n) is 6.60. The molecule has 0 radical (unpaired) electrons. The molecule has 0 heterocycles. The van der Waals surface area contributed by atoms with Gasteiger partial charge in [-0.1, -0.05) is 13.8 Å². The zero-order chi connectivity index (χ0) is 15.1. The van der Waals surface area contributed by atoms with Crippen molar-refractivity contribution < 1.29 is 9.59 Å². The highest BCUT2D eigenvalue weighted by molar-refractivity contribution is 5.99. The maximum Gasteiger partial charge on any atom is 0.250 e. The van der Waals surface area contributed by atoms with Crippen molar-refractivity contribution in [2.75, 3.05) is 24.1 Å². The zero-order valence-corrected chi connectivity index (χ0v) is 11.9. The largest absolute Gasteiger partial charge is 0.399 e. The Labute approximate surface area is 118 Å². The summed E-state index contributed by atoms with van der Waals surface area (Å²) in [6.07, 6.45) is 0.319. The number of rotatable bonds is 7. The maximum atomic E-state index is 11.6. The quantitative estimate of drug-likeness (QED) is 0.556. The predicted molar refractivity (Wildman–Crippen MR) is 80.3 cm³/mol. The number of amides is 2. The van der Waals surface area contributed by atoms with E-state index in [-0.39, 0.29) is 5.91 Å². The molecule has 6 nitrogen and oxygen atoms in total. The Morgan fingerprint density at radius 2 is 2.00 bits per heavy atom. The van der Waals surface area contributed by atoms with Gasteiger partial charge in [0.05, 0.1) is 5.56 Å². The number of hydrogen-bond donors (Lipinski definition) is 4. The molecule has 0 aliphatic heterocycles. The lowest BCUT2D eigenvalue weighted by atomic mass is 10.1. The minimum Gasteiger partial charge on any atom is -0.399 e. The predicted octanol–water partition coefficient (Wildman–Crippen LogP) is 0.942. The lowest BCUT2D eigenvalue weighted by Gasteiger charge is -2.11. The molecule has 0 aliphatic rings. The van der Waals surface area contributed by atoms with Crippen molar-refractivity contribution in [3.05, 3.63) is 23.8 Å². The fourth-order valence-corrected chi connectivity index (χ4v) is 1.64. The van der Waals surface area contributed by atoms with Crippen LogP contribution < -0.4 is 22.1 Å². The Hall–Kier alpha value is -2.24. The van der Waals surface area contributed by atoms with E-state index in [1.54, 1.807) is 18.2 Å². The molecule has 1 rings (SSSR count). The summed E-state index contributed by atoms with van der Waals surface area (Å²) < 4.78 is 0. The van der Waals surface area contributed by atoms with Crippen molar-refractivity contribution in [3.63, 3.8) is 0 Å². The van der Waals surface area contributed by atoms with Crippen LogP contribution in [-0.2, 0) is 4.79 Å². The summed E-state index contributed by atoms with van der Waals surface area (Å²) in [6.45, 7) is 5.13. The van der Waals surface area contributed by atoms with Crippen LogP contribution in [0.2, 0.25) is 0 Å². The van der Waals surface area contributed by atoms with Crippen LogP contribution in [0.3, 0.4) is 0 Å². The van der Waals surface area contributed by atoms with Crippen molar-refractivity contribution in [2.45, 2.75) is 20.3 Å². The van der Waals surface area contributed by atoms with Gasteiger partial charge < -0.3 is 22.1 Å². The second-order valence-corrected chi connectivity index (χ2v) is 5.04. The monoisotopic (exact) mass is 278 g/mol. The zero-order valence-electron chi connectivity index (χ0n) is 11.9. The molecule has 0 unspecified atom stereocenters. The first-order chi connectivity index (χ1) is 9.40. The van der Waals surface area contributed by atoms with Crippen LogP contribution >= 0.6 is 0 Å². The van der Waals surface area contributed by atoms with Crippen molar-refractivity contribution >= 4 is 23.2 Å². The highest BCUT2D eigenvalue weighted by Crippen LogP contribution is 2.18. The van der Waals surface area contributed by atoms with Gasteiger partial charge in [0.25, 0.3) is 5.91 Å². The van der Waals surface area contributed by atoms with Crippen LogP contribution in [0.15, 0.2) is 18.2 Å². The van der Waals surface area contributed by atoms with Crippen molar-refractivity contribution in [1.29, 1.82) is 0 Å². The number of nitrogen functional groups attached to an aromatic ring is 1. The van der Waals surface area contributed by atoms with Crippen LogP contribution in [0.4, 0.5) is 11.4 Å². The number of hydrogen-bond acceptors (Lipinski definition) is 4. The average Bonchev–Trinajstić information content (AvgIpc) is 2.36. The number of carbonyl (C=O) groups excluding carboxylic acids is 2. The van der Waals surface area contributed by atoms with E-state index in [0.29, 0.717) is 42.4 Å². The second kappa shape index (κ2) is 7.37. The van der Waals surface area contributed by atoms with Gasteiger partial charge in [0.15, 0.2) is 0 Å². The van der Waals surface area contributed by atoms with Crippen molar-refractivity contribution in [1.82, 2.24) is 5.32 Å². The SMILES string of the molecule is CC(C)CNC(=O)CCNc1cc(N)ccc1C(N)=O. The van der Waals surface area contributed by atoms with Crippen LogP contribution in [0.1, 0.15) is 30.6 Å². The molecule has 0 bridgehead atoms. The van der Waals surface area contributed by atoms with E-state index in [2.05, 4.69) is 10.6 Å². The summed E-state index contributed by atoms with van der Waals surface area (Å²) in [5.74, 6) is -0.144. The number of nitrogens with one attached hydrogen (secondary N) is 2. The summed E-state index contributed by atoms with van der Waals surface area (Å²) in [4.78, 5) is 22.8. The average molecular weight is 278 g/mol. The van der Waals surface area contributed by atoms with E-state index in [1.807, 2.05) is 13.8 Å². The molecule has 6 heteroatoms. The van der Waals surface area contributed by atoms with Crippen LogP contribution in [0.5, 0.6) is 0 Å². The van der Waals surface area contributed by atoms with E-state index < -0.39 is 5.91 Å². The molecular weight excluding hydrogens is 256 g/mol. The minimum absolute atomic E-state index is 0.0317. The topological polar surface area (TPSA) is 110 Å². The Morgan fingerprint density at radius 1 is 1.30 bits per heavy atom. The van der Waals surface area contributed by atoms with Gasteiger partial charge in [0.1, 0.15) is 0 Å². The highest BCUT2D eigenvalue weighted by atomic mass is 16.2. The van der Waals surface area contributed by atoms with Gasteiger partial charge in [0.2, 0.25) is 5.91 Å². The molecule has 0 atom stereocenters. The van der Waals surface area contributed by atoms with Gasteiger partial charge >= 0.3 is 0 Å². The first-order valence-corrected chi connectivity index (χ1v) is 6.60. The highest BCUT2D eigenvalue weighted by Gasteiger charge is 2.09. The Kier molecular flexibility index (Phi) is 5.83. The fraction of sp³-hybridized carbons (Fsp3) is 0.429. The standard InChI is InChI=1S/C14H22N4O2/c1-9(2)8-18-13(19)5-6-17-12-7-10(15)3-4-11(12)14(16)20/h3-4,7,9,17H,5-6,8,15H2,1-2H3,(H2,16,20)(H,18,19). The fourth-order valence-electron chi connectivity index (χ4n) is 1.64. The van der Waals surface area contributed by atoms with Gasteiger partial charge in [-0.25, -0.2) is 0 Å². The third kappa shape index (κ3) is 5.17. The van der Waals surface area contributed by atoms with E-state index in [0.717, 1.165) is 0 Å². The van der Waals surface area contributed by atoms with Crippen molar-refractivity contribution in [3.8, 4) is 0 Å². The molecule has 2 amide bonds. The molecular formula is C14H22N4O2. The van der Waals surface area contributed by atoms with Gasteiger partial charge in [-0.05, 0) is 24.1 Å². The van der Waals surface area contributed by atoms with Gasteiger partial charge in [-0.15, -0.1) is 0 Å². The molecule has 20 heavy (non-hydrogen) atoms. The molecule has 1 aromatic carbocycles. The van der Waals surface area contributed by atoms with Gasteiger partial charge in [0, 0.05) is 30.9 Å². The number of primary amides is 1. The molecule has 1 aromatic rings. The van der Waals surface area contributed by atoms with Gasteiger partial charge in [-0.2, -0.15) is 0 Å². The molecule has 0 fully saturated rings. The van der Waals surface area contributed by atoms with E-state index in [9.17, 15) is 9.59 Å². The summed E-state index contributed by atoms with van der Waals surface area (Å²) in [6, 6.07) is 4.81. The number of carbonyl (C=O) groups is 2. The maximum absolute atomic E-state index is 11.6. The van der Waals surface area contributed by atoms with Gasteiger partial charge in [-0.3, -0.25) is 9.59 Å². The van der Waals surface area contributed by atoms with Crippen LogP contribution in [0, 0.1) is 5.92 Å². The summed E-state index contributed by atoms with van der Waals surface area (Å²) >= 11 is 0. The lowest BCUT2D eigenvalue weighted by Crippen LogP contribution is -2.28. The smallest absolute Gasteiger partial charge is 0.250 e. The molecule has 6 N–H and O–H groups in total. The Bertz CT molecular complexity index is 486. The molecule has 0 aliphatic carbocycles. The Morgan fingerprint density at radius 3 is 2.60 bits per heavy atom. The van der Waals surface area contributed by atoms with Crippen molar-refractivity contribution in [2.24, 2.45) is 11.7 Å². The Balaban J connectivity index is 2.51. The number of benzene rings is 1. The summed E-state index contributed by atoms with van der Waals surface area (Å²) in [5.41, 5.74) is 12.4. The molecule has 110 valence electrons. The summed E-state index contributed by atoms with van der Waals surface area (Å²) in [5, 5.41) is 5.83. The number of anilines is 2. The van der Waals surface area contributed by atoms with Crippen LogP contribution in [0.25, 0.3) is 0 Å². The third-order valence-corrected chi connectivity index (χ3v) is 2.68. The van der Waals surface area contributed by atoms with E-state index >= 15 is 0 Å². The third-order valence-electron chi connectivity index (χ3n) is 2.68. The second-order valence-electron chi connectivity index (χ2n) is 5.04.